The maximum absolute atomic E-state index is 10.2. The summed E-state index contributed by atoms with van der Waals surface area (Å²) in [5.74, 6) is 0.790. The predicted octanol–water partition coefficient (Wildman–Crippen LogP) is 4.93. The molecule has 3 atom stereocenters. The highest BCUT2D eigenvalue weighted by Gasteiger charge is 2.30. The lowest BCUT2D eigenvalue weighted by atomic mass is 10.1. The van der Waals surface area contributed by atoms with Gasteiger partial charge in [0.2, 0.25) is 0 Å². The highest BCUT2D eigenvalue weighted by molar-refractivity contribution is 5.26. The topological polar surface area (TPSA) is 57.2 Å². The van der Waals surface area contributed by atoms with Crippen LogP contribution in [-0.2, 0) is 34.0 Å². The molecule has 0 aliphatic carbocycles. The number of hydrogen-bond donors (Lipinski definition) is 1. The Hall–Kier alpha value is -2.96. The molecule has 5 heteroatoms. The van der Waals surface area contributed by atoms with E-state index in [0.717, 1.165) is 22.4 Å². The van der Waals surface area contributed by atoms with Crippen LogP contribution < -0.4 is 4.74 Å². The molecular weight excluding hydrogens is 416 g/mol. The van der Waals surface area contributed by atoms with Crippen LogP contribution in [0.1, 0.15) is 16.7 Å². The summed E-state index contributed by atoms with van der Waals surface area (Å²) >= 11 is 0. The maximum atomic E-state index is 10.2. The lowest BCUT2D eigenvalue weighted by Gasteiger charge is -2.31. The fraction of sp³-hybridized carbons (Fsp3) is 0.286. The zero-order valence-corrected chi connectivity index (χ0v) is 19.0. The average Bonchev–Trinajstić information content (AvgIpc) is 2.88. The zero-order chi connectivity index (χ0) is 23.3. The second-order valence-corrected chi connectivity index (χ2v) is 7.64. The van der Waals surface area contributed by atoms with Crippen molar-refractivity contribution in [3.05, 3.63) is 114 Å². The molecule has 3 rings (SSSR count). The van der Waals surface area contributed by atoms with E-state index in [1.54, 1.807) is 13.2 Å². The summed E-state index contributed by atoms with van der Waals surface area (Å²) in [5.41, 5.74) is 3.04. The Bertz CT molecular complexity index is 928. The molecule has 0 bridgehead atoms. The Morgan fingerprint density at radius 2 is 1.24 bits per heavy atom. The molecular formula is C28H32O5. The van der Waals surface area contributed by atoms with Gasteiger partial charge in [0.05, 0.1) is 33.5 Å². The fourth-order valence-electron chi connectivity index (χ4n) is 3.42. The first-order valence-corrected chi connectivity index (χ1v) is 11.0. The van der Waals surface area contributed by atoms with E-state index in [-0.39, 0.29) is 6.61 Å². The second kappa shape index (κ2) is 13.6. The van der Waals surface area contributed by atoms with E-state index in [1.807, 2.05) is 84.9 Å². The van der Waals surface area contributed by atoms with Crippen molar-refractivity contribution in [2.24, 2.45) is 0 Å². The average molecular weight is 449 g/mol. The molecule has 3 aromatic rings. The van der Waals surface area contributed by atoms with Crippen molar-refractivity contribution >= 4 is 0 Å². The van der Waals surface area contributed by atoms with E-state index in [9.17, 15) is 5.11 Å². The highest BCUT2D eigenvalue weighted by atomic mass is 16.6. The molecule has 0 spiro atoms. The lowest BCUT2D eigenvalue weighted by Crippen LogP contribution is -2.43. The van der Waals surface area contributed by atoms with Crippen molar-refractivity contribution in [1.29, 1.82) is 0 Å². The van der Waals surface area contributed by atoms with Crippen LogP contribution >= 0.6 is 0 Å². The van der Waals surface area contributed by atoms with E-state index in [2.05, 4.69) is 6.58 Å². The minimum atomic E-state index is -0.590. The van der Waals surface area contributed by atoms with E-state index >= 15 is 0 Å². The molecule has 3 aromatic carbocycles. The third kappa shape index (κ3) is 7.84. The van der Waals surface area contributed by atoms with Gasteiger partial charge in [-0.05, 0) is 28.8 Å². The molecule has 0 saturated heterocycles. The van der Waals surface area contributed by atoms with Gasteiger partial charge in [-0.1, -0.05) is 78.9 Å². The summed E-state index contributed by atoms with van der Waals surface area (Å²) in [4.78, 5) is 0. The number of hydrogen-bond acceptors (Lipinski definition) is 5. The Balaban J connectivity index is 1.70. The summed E-state index contributed by atoms with van der Waals surface area (Å²) < 4.78 is 23.7. The molecule has 0 saturated carbocycles. The number of aliphatic hydroxyl groups is 1. The zero-order valence-electron chi connectivity index (χ0n) is 19.0. The van der Waals surface area contributed by atoms with E-state index in [1.165, 1.54) is 0 Å². The predicted molar refractivity (Wildman–Crippen MR) is 129 cm³/mol. The SMILES string of the molecule is C=C[C@@H](OCc1ccc(OC)cc1)[C@H](OCc1ccccc1)[C@H](CO)OCc1ccccc1. The summed E-state index contributed by atoms with van der Waals surface area (Å²) in [5, 5.41) is 10.2. The second-order valence-electron chi connectivity index (χ2n) is 7.64. The van der Waals surface area contributed by atoms with Crippen LogP contribution in [0.4, 0.5) is 0 Å². The standard InChI is InChI=1S/C28H32O5/c1-3-26(31-20-24-14-16-25(30-2)17-15-24)28(33-21-23-12-8-5-9-13-23)27(18-29)32-19-22-10-6-4-7-11-22/h3-17,26-29H,1,18-21H2,2H3/t26-,27+,28+/m1/s1. The summed E-state index contributed by atoms with van der Waals surface area (Å²) in [6.45, 7) is 4.84. The Kier molecular flexibility index (Phi) is 10.1. The van der Waals surface area contributed by atoms with Crippen LogP contribution in [0.25, 0.3) is 0 Å². The van der Waals surface area contributed by atoms with Crippen molar-refractivity contribution in [3.63, 3.8) is 0 Å². The molecule has 0 radical (unpaired) electrons. The molecule has 0 fully saturated rings. The third-order valence-electron chi connectivity index (χ3n) is 5.30. The molecule has 0 heterocycles. The van der Waals surface area contributed by atoms with Gasteiger partial charge in [-0.2, -0.15) is 0 Å². The van der Waals surface area contributed by atoms with E-state index in [0.29, 0.717) is 19.8 Å². The smallest absolute Gasteiger partial charge is 0.118 e. The van der Waals surface area contributed by atoms with Crippen molar-refractivity contribution < 1.29 is 24.1 Å². The molecule has 0 aliphatic rings. The summed E-state index contributed by atoms with van der Waals surface area (Å²) in [6, 6.07) is 27.4. The molecule has 0 aromatic heterocycles. The lowest BCUT2D eigenvalue weighted by molar-refractivity contribution is -0.149. The number of benzene rings is 3. The normalized spacial score (nSPS) is 13.8. The van der Waals surface area contributed by atoms with Gasteiger partial charge >= 0.3 is 0 Å². The molecule has 174 valence electrons. The van der Waals surface area contributed by atoms with Gasteiger partial charge in [0.25, 0.3) is 0 Å². The summed E-state index contributed by atoms with van der Waals surface area (Å²) in [7, 11) is 1.64. The van der Waals surface area contributed by atoms with E-state index < -0.39 is 18.3 Å². The first kappa shape index (κ1) is 24.7. The number of aliphatic hydroxyl groups excluding tert-OH is 1. The largest absolute Gasteiger partial charge is 0.497 e. The molecule has 33 heavy (non-hydrogen) atoms. The van der Waals surface area contributed by atoms with E-state index in [4.69, 9.17) is 18.9 Å². The van der Waals surface area contributed by atoms with Gasteiger partial charge < -0.3 is 24.1 Å². The monoisotopic (exact) mass is 448 g/mol. The van der Waals surface area contributed by atoms with Crippen LogP contribution in [0.15, 0.2) is 97.6 Å². The fourth-order valence-corrected chi connectivity index (χ4v) is 3.42. The Morgan fingerprint density at radius 1 is 0.727 bits per heavy atom. The van der Waals surface area contributed by atoms with Crippen molar-refractivity contribution in [3.8, 4) is 5.75 Å². The number of rotatable bonds is 14. The number of methoxy groups -OCH3 is 1. The van der Waals surface area contributed by atoms with Crippen molar-refractivity contribution in [2.45, 2.75) is 38.1 Å². The van der Waals surface area contributed by atoms with Crippen molar-refractivity contribution in [1.82, 2.24) is 0 Å². The first-order chi connectivity index (χ1) is 16.2. The molecule has 0 unspecified atom stereocenters. The van der Waals surface area contributed by atoms with Gasteiger partial charge in [-0.3, -0.25) is 0 Å². The van der Waals surface area contributed by atoms with Gasteiger partial charge in [0, 0.05) is 0 Å². The quantitative estimate of drug-likeness (QED) is 0.355. The maximum Gasteiger partial charge on any atom is 0.118 e. The highest BCUT2D eigenvalue weighted by Crippen LogP contribution is 2.20. The molecule has 5 nitrogen and oxygen atoms in total. The molecule has 1 N–H and O–H groups in total. The van der Waals surface area contributed by atoms with Gasteiger partial charge in [0.15, 0.2) is 0 Å². The summed E-state index contributed by atoms with van der Waals surface area (Å²) in [6.07, 6.45) is 0.0828. The van der Waals surface area contributed by atoms with Crippen LogP contribution in [-0.4, -0.2) is 37.1 Å². The molecule has 0 amide bonds. The van der Waals surface area contributed by atoms with Crippen molar-refractivity contribution in [2.75, 3.05) is 13.7 Å². The minimum absolute atomic E-state index is 0.206. The van der Waals surface area contributed by atoms with Gasteiger partial charge in [0.1, 0.15) is 24.1 Å². The minimum Gasteiger partial charge on any atom is -0.497 e. The molecule has 0 aliphatic heterocycles. The first-order valence-electron chi connectivity index (χ1n) is 11.0. The third-order valence-corrected chi connectivity index (χ3v) is 5.30. The van der Waals surface area contributed by atoms with Gasteiger partial charge in [-0.15, -0.1) is 6.58 Å². The Morgan fingerprint density at radius 3 is 1.76 bits per heavy atom. The number of ether oxygens (including phenoxy) is 4. The van der Waals surface area contributed by atoms with Crippen LogP contribution in [0.5, 0.6) is 5.75 Å². The van der Waals surface area contributed by atoms with Crippen LogP contribution in [0.3, 0.4) is 0 Å². The van der Waals surface area contributed by atoms with Crippen LogP contribution in [0, 0.1) is 0 Å². The van der Waals surface area contributed by atoms with Crippen LogP contribution in [0.2, 0.25) is 0 Å². The van der Waals surface area contributed by atoms with Gasteiger partial charge in [-0.25, -0.2) is 0 Å². The Labute approximate surface area is 196 Å².